The summed E-state index contributed by atoms with van der Waals surface area (Å²) >= 11 is 0. The maximum atomic E-state index is 13.2. The molecule has 4 rings (SSSR count). The average Bonchev–Trinajstić information content (AvgIpc) is 2.91. The minimum Gasteiger partial charge on any atom is -0.497 e. The molecule has 4 aromatic rings. The summed E-state index contributed by atoms with van der Waals surface area (Å²) in [4.78, 5) is 23.2. The first kappa shape index (κ1) is 23.5. The second kappa shape index (κ2) is 11.0. The van der Waals surface area contributed by atoms with Crippen LogP contribution >= 0.6 is 0 Å². The molecule has 3 aromatic carbocycles. The molecule has 0 bridgehead atoms. The van der Waals surface area contributed by atoms with Crippen LogP contribution in [0.2, 0.25) is 0 Å². The normalized spacial score (nSPS) is 11.3. The van der Waals surface area contributed by atoms with Crippen molar-refractivity contribution in [2.75, 3.05) is 21.3 Å². The van der Waals surface area contributed by atoms with Gasteiger partial charge in [-0.1, -0.05) is 17.3 Å². The third-order valence-corrected chi connectivity index (χ3v) is 5.14. The van der Waals surface area contributed by atoms with Gasteiger partial charge in [0.05, 0.1) is 44.7 Å². The summed E-state index contributed by atoms with van der Waals surface area (Å²) < 4.78 is 17.0. The number of fused-ring (bicyclic) bond motifs is 1. The van der Waals surface area contributed by atoms with Crippen LogP contribution in [0.15, 0.2) is 81.8 Å². The molecule has 0 spiro atoms. The molecule has 0 fully saturated rings. The first-order valence-electron chi connectivity index (χ1n) is 10.7. The van der Waals surface area contributed by atoms with Gasteiger partial charge in [0.1, 0.15) is 5.75 Å². The number of ether oxygens (including phenoxy) is 3. The highest BCUT2D eigenvalue weighted by Gasteiger charge is 2.11. The third kappa shape index (κ3) is 5.47. The highest BCUT2D eigenvalue weighted by Crippen LogP contribution is 2.26. The van der Waals surface area contributed by atoms with Gasteiger partial charge >= 0.3 is 0 Å². The number of hydrogen-bond acceptors (Lipinski definition) is 8. The lowest BCUT2D eigenvalue weighted by Crippen LogP contribution is -2.22. The molecule has 0 aliphatic heterocycles. The molecule has 1 heterocycles. The van der Waals surface area contributed by atoms with Gasteiger partial charge in [-0.3, -0.25) is 4.79 Å². The minimum atomic E-state index is -0.315. The molecular formula is C26H24N4O5. The molecule has 0 saturated carbocycles. The van der Waals surface area contributed by atoms with Gasteiger partial charge in [-0.15, -0.1) is 0 Å². The fraction of sp³-hybridized carbons (Fsp3) is 0.154. The average molecular weight is 473 g/mol. The van der Waals surface area contributed by atoms with E-state index >= 15 is 0 Å². The Balaban J connectivity index is 1.62. The number of methoxy groups -OCH3 is 3. The van der Waals surface area contributed by atoms with Crippen molar-refractivity contribution >= 4 is 23.3 Å². The largest absolute Gasteiger partial charge is 0.497 e. The number of rotatable bonds is 9. The van der Waals surface area contributed by atoms with Gasteiger partial charge in [0, 0.05) is 0 Å². The lowest BCUT2D eigenvalue weighted by atomic mass is 10.2. The van der Waals surface area contributed by atoms with Crippen molar-refractivity contribution in [2.24, 2.45) is 10.3 Å². The van der Waals surface area contributed by atoms with E-state index in [1.807, 2.05) is 30.3 Å². The van der Waals surface area contributed by atoms with E-state index in [4.69, 9.17) is 19.0 Å². The van der Waals surface area contributed by atoms with Gasteiger partial charge in [-0.05, 0) is 65.7 Å². The topological polar surface area (TPSA) is 96.5 Å². The van der Waals surface area contributed by atoms with E-state index in [1.54, 1.807) is 70.2 Å². The van der Waals surface area contributed by atoms with Crippen LogP contribution in [0.4, 0.5) is 0 Å². The Morgan fingerprint density at radius 3 is 2.34 bits per heavy atom. The van der Waals surface area contributed by atoms with Gasteiger partial charge in [0.25, 0.3) is 5.56 Å². The van der Waals surface area contributed by atoms with Crippen molar-refractivity contribution in [3.63, 3.8) is 0 Å². The SMILES string of the molecule is COc1ccc(C=NOCc2nc3ccccc3c(=O)n2N=Cc2ccc(OC)c(OC)c2)cc1. The monoisotopic (exact) mass is 472 g/mol. The zero-order valence-electron chi connectivity index (χ0n) is 19.5. The molecule has 35 heavy (non-hydrogen) atoms. The van der Waals surface area contributed by atoms with E-state index in [0.717, 1.165) is 11.3 Å². The highest BCUT2D eigenvalue weighted by molar-refractivity contribution is 5.81. The predicted octanol–water partition coefficient (Wildman–Crippen LogP) is 3.86. The zero-order chi connectivity index (χ0) is 24.6. The first-order valence-corrected chi connectivity index (χ1v) is 10.7. The maximum absolute atomic E-state index is 13.2. The molecule has 0 aliphatic carbocycles. The summed E-state index contributed by atoms with van der Waals surface area (Å²) in [6, 6.07) is 19.8. The summed E-state index contributed by atoms with van der Waals surface area (Å²) in [6.45, 7) is -0.0595. The highest BCUT2D eigenvalue weighted by atomic mass is 16.6. The molecule has 9 nitrogen and oxygen atoms in total. The van der Waals surface area contributed by atoms with Crippen LogP contribution in [-0.4, -0.2) is 43.4 Å². The van der Waals surface area contributed by atoms with E-state index in [0.29, 0.717) is 33.8 Å². The maximum Gasteiger partial charge on any atom is 0.282 e. The van der Waals surface area contributed by atoms with Crippen molar-refractivity contribution in [2.45, 2.75) is 6.61 Å². The first-order chi connectivity index (χ1) is 17.1. The second-order valence-electron chi connectivity index (χ2n) is 7.30. The standard InChI is InChI=1S/C26H24N4O5/c1-32-20-11-8-18(9-12-20)16-28-35-17-25-29-22-7-5-4-6-21(22)26(31)30(25)27-15-19-10-13-23(33-2)24(14-19)34-3/h4-16H,17H2,1-3H3. The van der Waals surface area contributed by atoms with E-state index in [1.165, 1.54) is 4.68 Å². The van der Waals surface area contributed by atoms with Crippen LogP contribution in [0, 0.1) is 0 Å². The lowest BCUT2D eigenvalue weighted by Gasteiger charge is -2.09. The molecular weight excluding hydrogens is 448 g/mol. The van der Waals surface area contributed by atoms with Crippen LogP contribution in [0.5, 0.6) is 17.2 Å². The molecule has 0 radical (unpaired) electrons. The quantitative estimate of drug-likeness (QED) is 0.271. The Hall–Kier alpha value is -4.66. The smallest absolute Gasteiger partial charge is 0.282 e. The Morgan fingerprint density at radius 1 is 0.857 bits per heavy atom. The van der Waals surface area contributed by atoms with Crippen LogP contribution in [0.1, 0.15) is 17.0 Å². The number of para-hydroxylation sites is 1. The van der Waals surface area contributed by atoms with Crippen molar-refractivity contribution in [1.82, 2.24) is 9.66 Å². The molecule has 0 atom stereocenters. The summed E-state index contributed by atoms with van der Waals surface area (Å²) in [7, 11) is 4.73. The molecule has 178 valence electrons. The van der Waals surface area contributed by atoms with Gasteiger partial charge in [0.2, 0.25) is 0 Å². The zero-order valence-corrected chi connectivity index (χ0v) is 19.5. The molecule has 0 saturated heterocycles. The Kier molecular flexibility index (Phi) is 7.37. The number of benzene rings is 3. The van der Waals surface area contributed by atoms with Crippen molar-refractivity contribution in [3.8, 4) is 17.2 Å². The number of nitrogens with zero attached hydrogens (tertiary/aromatic N) is 4. The predicted molar refractivity (Wildman–Crippen MR) is 134 cm³/mol. The Morgan fingerprint density at radius 2 is 1.60 bits per heavy atom. The van der Waals surface area contributed by atoms with Crippen molar-refractivity contribution < 1.29 is 19.0 Å². The van der Waals surface area contributed by atoms with Gasteiger partial charge in [0.15, 0.2) is 23.9 Å². The molecule has 9 heteroatoms. The molecule has 0 unspecified atom stereocenters. The fourth-order valence-corrected chi connectivity index (χ4v) is 3.32. The summed E-state index contributed by atoms with van der Waals surface area (Å²) in [5.74, 6) is 2.20. The number of hydrogen-bond donors (Lipinski definition) is 0. The molecule has 0 amide bonds. The minimum absolute atomic E-state index is 0.0595. The van der Waals surface area contributed by atoms with Gasteiger partial charge in [-0.25, -0.2) is 4.98 Å². The van der Waals surface area contributed by atoms with Crippen molar-refractivity contribution in [3.05, 3.63) is 94.0 Å². The number of oxime groups is 1. The molecule has 1 aromatic heterocycles. The molecule has 0 aliphatic rings. The Labute approximate surface area is 201 Å². The summed E-state index contributed by atoms with van der Waals surface area (Å²) in [6.07, 6.45) is 3.11. The van der Waals surface area contributed by atoms with E-state index in [9.17, 15) is 4.79 Å². The fourth-order valence-electron chi connectivity index (χ4n) is 3.32. The number of aromatic nitrogens is 2. The molecule has 0 N–H and O–H groups in total. The summed E-state index contributed by atoms with van der Waals surface area (Å²) in [5, 5.41) is 8.83. The van der Waals surface area contributed by atoms with Crippen molar-refractivity contribution in [1.29, 1.82) is 0 Å². The lowest BCUT2D eigenvalue weighted by molar-refractivity contribution is 0.123. The van der Waals surface area contributed by atoms with E-state index in [2.05, 4.69) is 15.2 Å². The van der Waals surface area contributed by atoms with Gasteiger partial charge < -0.3 is 19.0 Å². The van der Waals surface area contributed by atoms with Crippen LogP contribution < -0.4 is 19.8 Å². The van der Waals surface area contributed by atoms with E-state index < -0.39 is 0 Å². The summed E-state index contributed by atoms with van der Waals surface area (Å²) in [5.41, 5.74) is 1.78. The third-order valence-electron chi connectivity index (χ3n) is 5.14. The second-order valence-corrected chi connectivity index (χ2v) is 7.30. The van der Waals surface area contributed by atoms with Crippen LogP contribution in [-0.2, 0) is 11.4 Å². The Bertz CT molecular complexity index is 1430. The van der Waals surface area contributed by atoms with E-state index in [-0.39, 0.29) is 12.2 Å². The van der Waals surface area contributed by atoms with Crippen LogP contribution in [0.3, 0.4) is 0 Å². The van der Waals surface area contributed by atoms with Crippen LogP contribution in [0.25, 0.3) is 10.9 Å². The van der Waals surface area contributed by atoms with Gasteiger partial charge in [-0.2, -0.15) is 9.78 Å².